The van der Waals surface area contributed by atoms with E-state index in [0.29, 0.717) is 12.2 Å². The van der Waals surface area contributed by atoms with E-state index in [9.17, 15) is 9.00 Å². The van der Waals surface area contributed by atoms with Crippen LogP contribution < -0.4 is 0 Å². The third-order valence-corrected chi connectivity index (χ3v) is 2.31. The van der Waals surface area contributed by atoms with Gasteiger partial charge in [0.2, 0.25) is 6.29 Å². The highest BCUT2D eigenvalue weighted by Crippen LogP contribution is 2.13. The van der Waals surface area contributed by atoms with Crippen LogP contribution in [0.3, 0.4) is 0 Å². The molecule has 0 spiro atoms. The molecule has 64 valence electrons. The predicted octanol–water partition coefficient (Wildman–Crippen LogP) is 0.350. The lowest BCUT2D eigenvalue weighted by molar-refractivity contribution is -0.161. The van der Waals surface area contributed by atoms with E-state index in [-0.39, 0.29) is 0 Å². The predicted molar refractivity (Wildman–Crippen MR) is 38.9 cm³/mol. The Morgan fingerprint density at radius 3 is 3.00 bits per heavy atom. The van der Waals surface area contributed by atoms with Gasteiger partial charge in [-0.3, -0.25) is 4.79 Å². The van der Waals surface area contributed by atoms with Crippen molar-refractivity contribution >= 4 is 17.0 Å². The Kier molecular flexibility index (Phi) is 3.02. The summed E-state index contributed by atoms with van der Waals surface area (Å²) in [5.41, 5.74) is 0. The molecule has 0 N–H and O–H groups in total. The molecule has 0 aliphatic carbocycles. The van der Waals surface area contributed by atoms with Gasteiger partial charge in [-0.1, -0.05) is 0 Å². The SMILES string of the molecule is CC(=O)O[C@@H]1CCC[S@](=O)O1. The van der Waals surface area contributed by atoms with E-state index in [1.54, 1.807) is 0 Å². The average molecular weight is 178 g/mol. The van der Waals surface area contributed by atoms with Crippen LogP contribution in [0.15, 0.2) is 0 Å². The first-order valence-electron chi connectivity index (χ1n) is 3.41. The second-order valence-electron chi connectivity index (χ2n) is 2.29. The van der Waals surface area contributed by atoms with Crippen molar-refractivity contribution in [1.29, 1.82) is 0 Å². The van der Waals surface area contributed by atoms with Crippen molar-refractivity contribution in [2.75, 3.05) is 5.75 Å². The van der Waals surface area contributed by atoms with Gasteiger partial charge >= 0.3 is 5.97 Å². The molecule has 0 amide bonds. The van der Waals surface area contributed by atoms with Gasteiger partial charge in [0, 0.05) is 19.1 Å². The van der Waals surface area contributed by atoms with Gasteiger partial charge < -0.3 is 4.74 Å². The molecule has 0 unspecified atom stereocenters. The summed E-state index contributed by atoms with van der Waals surface area (Å²) in [5.74, 6) is 0.145. The van der Waals surface area contributed by atoms with Crippen LogP contribution >= 0.6 is 0 Å². The van der Waals surface area contributed by atoms with Gasteiger partial charge in [0.15, 0.2) is 11.1 Å². The summed E-state index contributed by atoms with van der Waals surface area (Å²) in [6.07, 6.45) is 0.831. The largest absolute Gasteiger partial charge is 0.435 e. The summed E-state index contributed by atoms with van der Waals surface area (Å²) in [7, 11) is 0. The normalized spacial score (nSPS) is 31.4. The van der Waals surface area contributed by atoms with E-state index >= 15 is 0 Å². The topological polar surface area (TPSA) is 52.6 Å². The molecular formula is C6H10O4S. The number of rotatable bonds is 1. The minimum Gasteiger partial charge on any atom is -0.435 e. The lowest BCUT2D eigenvalue weighted by Crippen LogP contribution is -2.26. The Hall–Kier alpha value is -0.420. The van der Waals surface area contributed by atoms with Gasteiger partial charge in [-0.2, -0.15) is 0 Å². The fourth-order valence-corrected chi connectivity index (χ4v) is 1.72. The Balaban J connectivity index is 2.34. The summed E-state index contributed by atoms with van der Waals surface area (Å²) < 4.78 is 20.3. The molecule has 1 rings (SSSR count). The number of ether oxygens (including phenoxy) is 1. The zero-order valence-electron chi connectivity index (χ0n) is 6.24. The molecule has 1 aliphatic heterocycles. The fourth-order valence-electron chi connectivity index (χ4n) is 0.847. The second-order valence-corrected chi connectivity index (χ2v) is 3.49. The number of carbonyl (C=O) groups excluding carboxylic acids is 1. The Morgan fingerprint density at radius 2 is 2.45 bits per heavy atom. The van der Waals surface area contributed by atoms with Crippen molar-refractivity contribution in [2.24, 2.45) is 0 Å². The Morgan fingerprint density at radius 1 is 1.73 bits per heavy atom. The molecule has 2 atom stereocenters. The van der Waals surface area contributed by atoms with Crippen LogP contribution in [-0.4, -0.2) is 22.2 Å². The fraction of sp³-hybridized carbons (Fsp3) is 0.833. The molecule has 4 nitrogen and oxygen atoms in total. The standard InChI is InChI=1S/C6H10O4S/c1-5(7)9-6-3-2-4-11(8)10-6/h6H,2-4H2,1H3/t6-,11+/m0/s1. The van der Waals surface area contributed by atoms with E-state index in [1.165, 1.54) is 6.92 Å². The van der Waals surface area contributed by atoms with E-state index in [4.69, 9.17) is 8.92 Å². The van der Waals surface area contributed by atoms with Crippen molar-refractivity contribution < 1.29 is 17.9 Å². The van der Waals surface area contributed by atoms with Crippen molar-refractivity contribution in [2.45, 2.75) is 26.1 Å². The molecule has 0 aromatic carbocycles. The molecule has 0 bridgehead atoms. The molecule has 11 heavy (non-hydrogen) atoms. The quantitative estimate of drug-likeness (QED) is 0.544. The summed E-state index contributed by atoms with van der Waals surface area (Å²) in [4.78, 5) is 10.4. The third kappa shape index (κ3) is 2.98. The van der Waals surface area contributed by atoms with E-state index < -0.39 is 23.3 Å². The molecule has 1 fully saturated rings. The van der Waals surface area contributed by atoms with Gasteiger partial charge in [-0.25, -0.2) is 8.39 Å². The van der Waals surface area contributed by atoms with Gasteiger partial charge in [0.05, 0.1) is 0 Å². The second kappa shape index (κ2) is 3.82. The smallest absolute Gasteiger partial charge is 0.304 e. The van der Waals surface area contributed by atoms with Crippen LogP contribution in [0, 0.1) is 0 Å². The van der Waals surface area contributed by atoms with Crippen molar-refractivity contribution in [1.82, 2.24) is 0 Å². The van der Waals surface area contributed by atoms with Crippen LogP contribution in [0.25, 0.3) is 0 Å². The van der Waals surface area contributed by atoms with Crippen LogP contribution in [0.1, 0.15) is 19.8 Å². The maximum Gasteiger partial charge on any atom is 0.304 e. The summed E-state index contributed by atoms with van der Waals surface area (Å²) in [6, 6.07) is 0. The molecule has 1 heterocycles. The lowest BCUT2D eigenvalue weighted by Gasteiger charge is -2.20. The Bertz CT molecular complexity index is 177. The van der Waals surface area contributed by atoms with Crippen molar-refractivity contribution in [3.05, 3.63) is 0 Å². The van der Waals surface area contributed by atoms with Crippen LogP contribution in [0.5, 0.6) is 0 Å². The average Bonchev–Trinajstić information content (AvgIpc) is 1.85. The molecule has 0 radical (unpaired) electrons. The maximum absolute atomic E-state index is 10.8. The van der Waals surface area contributed by atoms with Gasteiger partial charge in [0.1, 0.15) is 0 Å². The maximum atomic E-state index is 10.8. The van der Waals surface area contributed by atoms with Gasteiger partial charge in [-0.15, -0.1) is 0 Å². The summed E-state index contributed by atoms with van der Waals surface area (Å²) in [5, 5.41) is 0. The molecule has 1 aliphatic rings. The number of carbonyl (C=O) groups is 1. The van der Waals surface area contributed by atoms with Crippen LogP contribution in [0.4, 0.5) is 0 Å². The number of esters is 1. The van der Waals surface area contributed by atoms with Crippen LogP contribution in [-0.2, 0) is 24.8 Å². The molecule has 1 saturated heterocycles. The lowest BCUT2D eigenvalue weighted by atomic mass is 10.3. The molecule has 5 heteroatoms. The van der Waals surface area contributed by atoms with E-state index in [0.717, 1.165) is 6.42 Å². The zero-order valence-corrected chi connectivity index (χ0v) is 7.06. The highest BCUT2D eigenvalue weighted by atomic mass is 32.2. The van der Waals surface area contributed by atoms with E-state index in [2.05, 4.69) is 0 Å². The first-order chi connectivity index (χ1) is 5.18. The van der Waals surface area contributed by atoms with E-state index in [1.807, 2.05) is 0 Å². The number of hydrogen-bond donors (Lipinski definition) is 0. The van der Waals surface area contributed by atoms with Gasteiger partial charge in [-0.05, 0) is 6.42 Å². The summed E-state index contributed by atoms with van der Waals surface area (Å²) in [6.45, 7) is 1.31. The monoisotopic (exact) mass is 178 g/mol. The number of hydrogen-bond acceptors (Lipinski definition) is 4. The first-order valence-corrected chi connectivity index (χ1v) is 4.65. The molecule has 0 aromatic rings. The van der Waals surface area contributed by atoms with Crippen molar-refractivity contribution in [3.63, 3.8) is 0 Å². The first kappa shape index (κ1) is 8.67. The highest BCUT2D eigenvalue weighted by Gasteiger charge is 2.21. The molecule has 0 aromatic heterocycles. The third-order valence-electron chi connectivity index (χ3n) is 1.26. The Labute approximate surface area is 67.5 Å². The van der Waals surface area contributed by atoms with Crippen molar-refractivity contribution in [3.8, 4) is 0 Å². The minimum atomic E-state index is -1.26. The van der Waals surface area contributed by atoms with Crippen LogP contribution in [0.2, 0.25) is 0 Å². The minimum absolute atomic E-state index is 0.395. The van der Waals surface area contributed by atoms with Gasteiger partial charge in [0.25, 0.3) is 0 Å². The highest BCUT2D eigenvalue weighted by molar-refractivity contribution is 7.80. The molecular weight excluding hydrogens is 168 g/mol. The summed E-state index contributed by atoms with van der Waals surface area (Å²) >= 11 is -1.26. The molecule has 0 saturated carbocycles. The zero-order chi connectivity index (χ0) is 8.27.